The third-order valence-corrected chi connectivity index (χ3v) is 3.75. The van der Waals surface area contributed by atoms with Crippen LogP contribution in [0.1, 0.15) is 46.0 Å². The van der Waals surface area contributed by atoms with E-state index in [0.29, 0.717) is 0 Å². The molecule has 0 heterocycles. The van der Waals surface area contributed by atoms with E-state index in [2.05, 4.69) is 31.1 Å². The van der Waals surface area contributed by atoms with E-state index in [1.807, 2.05) is 0 Å². The summed E-state index contributed by atoms with van der Waals surface area (Å²) in [7, 11) is 2.30. The van der Waals surface area contributed by atoms with Crippen molar-refractivity contribution in [2.24, 2.45) is 5.92 Å². The first-order chi connectivity index (χ1) is 7.27. The van der Waals surface area contributed by atoms with Crippen molar-refractivity contribution in [1.29, 1.82) is 0 Å². The zero-order chi connectivity index (χ0) is 11.1. The fraction of sp³-hybridized carbons (Fsp3) is 1.00. The van der Waals surface area contributed by atoms with Crippen molar-refractivity contribution >= 4 is 0 Å². The summed E-state index contributed by atoms with van der Waals surface area (Å²) in [6, 6.07) is 0.727. The van der Waals surface area contributed by atoms with Gasteiger partial charge >= 0.3 is 0 Å². The van der Waals surface area contributed by atoms with Crippen LogP contribution < -0.4 is 5.32 Å². The van der Waals surface area contributed by atoms with Gasteiger partial charge in [-0.1, -0.05) is 26.7 Å². The van der Waals surface area contributed by atoms with Gasteiger partial charge in [-0.05, 0) is 38.8 Å². The van der Waals surface area contributed by atoms with Gasteiger partial charge in [-0.15, -0.1) is 0 Å². The molecule has 2 nitrogen and oxygen atoms in total. The maximum absolute atomic E-state index is 3.46. The Labute approximate surface area is 95.4 Å². The van der Waals surface area contributed by atoms with Gasteiger partial charge in [-0.25, -0.2) is 0 Å². The summed E-state index contributed by atoms with van der Waals surface area (Å²) in [5.74, 6) is 0.977. The third kappa shape index (κ3) is 4.52. The Bertz CT molecular complexity index is 153. The first kappa shape index (κ1) is 13.0. The van der Waals surface area contributed by atoms with Crippen LogP contribution in [0.2, 0.25) is 0 Å². The van der Waals surface area contributed by atoms with Crippen LogP contribution in [0, 0.1) is 5.92 Å². The highest BCUT2D eigenvalue weighted by Crippen LogP contribution is 2.25. The number of hydrogen-bond donors (Lipinski definition) is 1. The fourth-order valence-corrected chi connectivity index (χ4v) is 2.67. The monoisotopic (exact) mass is 212 g/mol. The standard InChI is InChI=1S/C13H28N2/c1-4-13(10-14-5-2)15(3)11-12-8-6-7-9-12/h12-14H,4-11H2,1-3H3. The van der Waals surface area contributed by atoms with Crippen LogP contribution in [-0.2, 0) is 0 Å². The van der Waals surface area contributed by atoms with E-state index < -0.39 is 0 Å². The van der Waals surface area contributed by atoms with E-state index in [4.69, 9.17) is 0 Å². The van der Waals surface area contributed by atoms with Crippen molar-refractivity contribution < 1.29 is 0 Å². The van der Waals surface area contributed by atoms with Gasteiger partial charge in [-0.2, -0.15) is 0 Å². The molecule has 1 rings (SSSR count). The summed E-state index contributed by atoms with van der Waals surface area (Å²) >= 11 is 0. The van der Waals surface area contributed by atoms with Crippen molar-refractivity contribution in [2.75, 3.05) is 26.7 Å². The zero-order valence-electron chi connectivity index (χ0n) is 10.8. The van der Waals surface area contributed by atoms with E-state index in [0.717, 1.165) is 25.0 Å². The Morgan fingerprint density at radius 3 is 2.47 bits per heavy atom. The molecule has 0 bridgehead atoms. The summed E-state index contributed by atoms with van der Waals surface area (Å²) < 4.78 is 0. The van der Waals surface area contributed by atoms with Gasteiger partial charge in [0, 0.05) is 19.1 Å². The second kappa shape index (κ2) is 7.24. The molecule has 0 aromatic carbocycles. The predicted molar refractivity (Wildman–Crippen MR) is 67.2 cm³/mol. The van der Waals surface area contributed by atoms with Crippen LogP contribution in [0.3, 0.4) is 0 Å². The Hall–Kier alpha value is -0.0800. The zero-order valence-corrected chi connectivity index (χ0v) is 10.8. The first-order valence-electron chi connectivity index (χ1n) is 6.68. The average Bonchev–Trinajstić information content (AvgIpc) is 2.71. The van der Waals surface area contributed by atoms with Crippen molar-refractivity contribution in [3.8, 4) is 0 Å². The lowest BCUT2D eigenvalue weighted by Gasteiger charge is -2.29. The normalized spacial score (nSPS) is 20.0. The molecule has 0 amide bonds. The van der Waals surface area contributed by atoms with Crippen molar-refractivity contribution in [1.82, 2.24) is 10.2 Å². The van der Waals surface area contributed by atoms with E-state index in [9.17, 15) is 0 Å². The molecule has 0 radical (unpaired) electrons. The molecule has 1 saturated carbocycles. The second-order valence-electron chi connectivity index (χ2n) is 4.96. The molecular formula is C13H28N2. The largest absolute Gasteiger partial charge is 0.315 e. The maximum Gasteiger partial charge on any atom is 0.0215 e. The SMILES string of the molecule is CCNCC(CC)N(C)CC1CCCC1. The highest BCUT2D eigenvalue weighted by molar-refractivity contribution is 4.75. The highest BCUT2D eigenvalue weighted by Gasteiger charge is 2.20. The first-order valence-corrected chi connectivity index (χ1v) is 6.68. The van der Waals surface area contributed by atoms with E-state index in [1.165, 1.54) is 38.6 Å². The molecule has 1 aliphatic carbocycles. The summed E-state index contributed by atoms with van der Waals surface area (Å²) in [6.07, 6.45) is 7.10. The molecule has 0 spiro atoms. The molecule has 1 aliphatic rings. The van der Waals surface area contributed by atoms with E-state index >= 15 is 0 Å². The molecule has 0 aliphatic heterocycles. The molecule has 0 aromatic rings. The van der Waals surface area contributed by atoms with Gasteiger partial charge in [0.2, 0.25) is 0 Å². The lowest BCUT2D eigenvalue weighted by Crippen LogP contribution is -2.41. The second-order valence-corrected chi connectivity index (χ2v) is 4.96. The minimum atomic E-state index is 0.727. The molecule has 2 heteroatoms. The Kier molecular flexibility index (Phi) is 6.26. The quantitative estimate of drug-likeness (QED) is 0.697. The lowest BCUT2D eigenvalue weighted by atomic mass is 10.1. The molecule has 1 N–H and O–H groups in total. The average molecular weight is 212 g/mol. The Morgan fingerprint density at radius 1 is 1.27 bits per heavy atom. The molecule has 0 aromatic heterocycles. The summed E-state index contributed by atoms with van der Waals surface area (Å²) in [5, 5.41) is 3.46. The Morgan fingerprint density at radius 2 is 1.93 bits per heavy atom. The van der Waals surface area contributed by atoms with Gasteiger partial charge in [0.25, 0.3) is 0 Å². The minimum Gasteiger partial charge on any atom is -0.315 e. The van der Waals surface area contributed by atoms with Crippen molar-refractivity contribution in [3.63, 3.8) is 0 Å². The molecule has 1 unspecified atom stereocenters. The van der Waals surface area contributed by atoms with Crippen LogP contribution in [-0.4, -0.2) is 37.6 Å². The molecule has 15 heavy (non-hydrogen) atoms. The van der Waals surface area contributed by atoms with Gasteiger partial charge < -0.3 is 10.2 Å². The summed E-state index contributed by atoms with van der Waals surface area (Å²) in [6.45, 7) is 8.03. The highest BCUT2D eigenvalue weighted by atomic mass is 15.1. The van der Waals surface area contributed by atoms with Crippen LogP contribution in [0.4, 0.5) is 0 Å². The van der Waals surface area contributed by atoms with E-state index in [-0.39, 0.29) is 0 Å². The maximum atomic E-state index is 3.46. The number of nitrogens with one attached hydrogen (secondary N) is 1. The minimum absolute atomic E-state index is 0.727. The number of hydrogen-bond acceptors (Lipinski definition) is 2. The molecular weight excluding hydrogens is 184 g/mol. The van der Waals surface area contributed by atoms with Gasteiger partial charge in [0.1, 0.15) is 0 Å². The fourth-order valence-electron chi connectivity index (χ4n) is 2.67. The molecule has 1 atom stereocenters. The summed E-state index contributed by atoms with van der Waals surface area (Å²) in [5.41, 5.74) is 0. The Balaban J connectivity index is 2.24. The molecule has 90 valence electrons. The lowest BCUT2D eigenvalue weighted by molar-refractivity contribution is 0.198. The predicted octanol–water partition coefficient (Wildman–Crippen LogP) is 2.50. The van der Waals surface area contributed by atoms with Crippen molar-refractivity contribution in [3.05, 3.63) is 0 Å². The van der Waals surface area contributed by atoms with Gasteiger partial charge in [0.15, 0.2) is 0 Å². The van der Waals surface area contributed by atoms with Crippen molar-refractivity contribution in [2.45, 2.75) is 52.0 Å². The molecule has 1 fully saturated rings. The van der Waals surface area contributed by atoms with Gasteiger partial charge in [-0.3, -0.25) is 0 Å². The van der Waals surface area contributed by atoms with Crippen LogP contribution in [0.15, 0.2) is 0 Å². The molecule has 0 saturated heterocycles. The van der Waals surface area contributed by atoms with E-state index in [1.54, 1.807) is 0 Å². The number of rotatable bonds is 7. The smallest absolute Gasteiger partial charge is 0.0215 e. The topological polar surface area (TPSA) is 15.3 Å². The van der Waals surface area contributed by atoms with Gasteiger partial charge in [0.05, 0.1) is 0 Å². The summed E-state index contributed by atoms with van der Waals surface area (Å²) in [4.78, 5) is 2.57. The van der Waals surface area contributed by atoms with Crippen LogP contribution in [0.5, 0.6) is 0 Å². The van der Waals surface area contributed by atoms with Crippen LogP contribution in [0.25, 0.3) is 0 Å². The van der Waals surface area contributed by atoms with Crippen LogP contribution >= 0.6 is 0 Å². The number of likely N-dealkylation sites (N-methyl/N-ethyl adjacent to an activating group) is 2. The third-order valence-electron chi connectivity index (χ3n) is 3.75. The number of nitrogens with zero attached hydrogens (tertiary/aromatic N) is 1.